The first-order valence-electron chi connectivity index (χ1n) is 9.88. The highest BCUT2D eigenvalue weighted by Crippen LogP contribution is 2.66. The molecule has 0 aromatic carbocycles. The number of primary amides is 1. The highest BCUT2D eigenvalue weighted by atomic mass is 32.2. The fourth-order valence-corrected chi connectivity index (χ4v) is 6.97. The van der Waals surface area contributed by atoms with Gasteiger partial charge in [-0.25, -0.2) is 13.2 Å². The number of hydrogen-bond acceptors (Lipinski definition) is 7. The van der Waals surface area contributed by atoms with Crippen LogP contribution in [0, 0.1) is 11.3 Å². The Labute approximate surface area is 181 Å². The topological polar surface area (TPSA) is 150 Å². The van der Waals surface area contributed by atoms with Gasteiger partial charge in [0.25, 0.3) is 9.84 Å². The third-order valence-electron chi connectivity index (χ3n) is 7.20. The van der Waals surface area contributed by atoms with Crippen molar-refractivity contribution >= 4 is 15.9 Å². The molecule has 1 saturated heterocycles. The number of aliphatic hydroxyl groups excluding tert-OH is 1. The molecular formula is C19H23F3N2O7S. The Kier molecular flexibility index (Phi) is 5.02. The average molecular weight is 480 g/mol. The van der Waals surface area contributed by atoms with Crippen molar-refractivity contribution < 1.29 is 46.4 Å². The van der Waals surface area contributed by atoms with Gasteiger partial charge in [0.05, 0.1) is 0 Å². The van der Waals surface area contributed by atoms with Crippen molar-refractivity contribution in [3.8, 4) is 0 Å². The SMILES string of the molecule is CN1CC[C@]23C4=C5O[C@H]2[C@@H](O)C=C[C@H]3[C@H]1CC4=CCC5(O)S(=O)(=O)C(F)(F)F.NC(=O)O. The third kappa shape index (κ3) is 2.80. The van der Waals surface area contributed by atoms with E-state index >= 15 is 0 Å². The number of nitrogens with zero attached hydrogens (tertiary/aromatic N) is 1. The molecule has 2 fully saturated rings. The number of alkyl halides is 3. The van der Waals surface area contributed by atoms with Crippen LogP contribution in [0.5, 0.6) is 0 Å². The van der Waals surface area contributed by atoms with Crippen molar-refractivity contribution in [1.82, 2.24) is 4.90 Å². The molecular weight excluding hydrogens is 457 g/mol. The normalized spacial score (nSPS) is 40.0. The molecule has 2 heterocycles. The summed E-state index contributed by atoms with van der Waals surface area (Å²) in [6.07, 6.45) is 1.78. The highest BCUT2D eigenvalue weighted by molar-refractivity contribution is 7.93. The quantitative estimate of drug-likeness (QED) is 0.404. The van der Waals surface area contributed by atoms with Gasteiger partial charge in [-0.2, -0.15) is 13.2 Å². The summed E-state index contributed by atoms with van der Waals surface area (Å²) in [5.41, 5.74) is -1.36. The molecule has 1 unspecified atom stereocenters. The van der Waals surface area contributed by atoms with Gasteiger partial charge < -0.3 is 30.7 Å². The fraction of sp³-hybridized carbons (Fsp3) is 0.632. The van der Waals surface area contributed by atoms with Crippen LogP contribution in [0.4, 0.5) is 18.0 Å². The number of piperidine rings is 1. The van der Waals surface area contributed by atoms with E-state index in [2.05, 4.69) is 10.6 Å². The lowest BCUT2D eigenvalue weighted by atomic mass is 9.51. The molecule has 0 radical (unpaired) electrons. The number of carboxylic acid groups (broad SMARTS) is 1. The van der Waals surface area contributed by atoms with Gasteiger partial charge in [0.2, 0.25) is 4.93 Å². The number of carbonyl (C=O) groups is 1. The van der Waals surface area contributed by atoms with Gasteiger partial charge in [-0.1, -0.05) is 18.2 Å². The summed E-state index contributed by atoms with van der Waals surface area (Å²) in [4.78, 5) is 7.74. The smallest absolute Gasteiger partial charge is 0.486 e. The van der Waals surface area contributed by atoms with Crippen LogP contribution in [0.25, 0.3) is 0 Å². The number of rotatable bonds is 1. The van der Waals surface area contributed by atoms with Gasteiger partial charge in [0, 0.05) is 29.4 Å². The largest absolute Gasteiger partial charge is 0.500 e. The molecule has 178 valence electrons. The van der Waals surface area contributed by atoms with Crippen LogP contribution in [-0.2, 0) is 14.6 Å². The molecule has 1 amide bonds. The minimum Gasteiger partial charge on any atom is -0.486 e. The van der Waals surface area contributed by atoms with E-state index in [1.54, 1.807) is 6.08 Å². The van der Waals surface area contributed by atoms with Crippen molar-refractivity contribution in [3.05, 3.63) is 35.1 Å². The molecule has 5 N–H and O–H groups in total. The zero-order chi connectivity index (χ0) is 23.9. The summed E-state index contributed by atoms with van der Waals surface area (Å²) >= 11 is 0. The van der Waals surface area contributed by atoms with Gasteiger partial charge in [-0.3, -0.25) is 0 Å². The lowest BCUT2D eigenvalue weighted by molar-refractivity contribution is -0.0985. The minimum absolute atomic E-state index is 0.0726. The first-order chi connectivity index (χ1) is 14.7. The van der Waals surface area contributed by atoms with Crippen molar-refractivity contribution in [3.63, 3.8) is 0 Å². The molecule has 2 aliphatic heterocycles. The lowest BCUT2D eigenvalue weighted by Crippen LogP contribution is -2.62. The number of ether oxygens (including phenoxy) is 1. The van der Waals surface area contributed by atoms with Crippen LogP contribution in [-0.4, -0.2) is 77.0 Å². The second kappa shape index (κ2) is 6.95. The number of amides is 1. The van der Waals surface area contributed by atoms with Gasteiger partial charge in [0.1, 0.15) is 18.0 Å². The van der Waals surface area contributed by atoms with Crippen LogP contribution in [0.3, 0.4) is 0 Å². The fourth-order valence-electron chi connectivity index (χ4n) is 5.89. The molecule has 13 heteroatoms. The molecule has 32 heavy (non-hydrogen) atoms. The van der Waals surface area contributed by atoms with E-state index in [4.69, 9.17) is 14.6 Å². The van der Waals surface area contributed by atoms with Crippen molar-refractivity contribution in [2.24, 2.45) is 17.1 Å². The molecule has 6 atom stereocenters. The van der Waals surface area contributed by atoms with E-state index < -0.39 is 56.2 Å². The zero-order valence-electron chi connectivity index (χ0n) is 16.9. The van der Waals surface area contributed by atoms with Crippen molar-refractivity contribution in [1.29, 1.82) is 0 Å². The zero-order valence-corrected chi connectivity index (χ0v) is 17.7. The number of likely N-dealkylation sites (tertiary alicyclic amines) is 1. The Bertz CT molecular complexity index is 1050. The van der Waals surface area contributed by atoms with E-state index in [1.165, 1.54) is 6.08 Å². The van der Waals surface area contributed by atoms with Crippen LogP contribution < -0.4 is 5.73 Å². The van der Waals surface area contributed by atoms with Gasteiger partial charge in [0.15, 0.2) is 0 Å². The molecule has 0 aromatic heterocycles. The number of aliphatic hydroxyl groups is 2. The number of hydrogen-bond donors (Lipinski definition) is 4. The third-order valence-corrected chi connectivity index (χ3v) is 9.05. The van der Waals surface area contributed by atoms with Crippen molar-refractivity contribution in [2.45, 2.75) is 48.0 Å². The van der Waals surface area contributed by atoms with Crippen LogP contribution in [0.1, 0.15) is 19.3 Å². The molecule has 9 nitrogen and oxygen atoms in total. The number of sulfone groups is 1. The van der Waals surface area contributed by atoms with Crippen LogP contribution in [0.15, 0.2) is 35.1 Å². The predicted octanol–water partition coefficient (Wildman–Crippen LogP) is 0.857. The Hall–Kier alpha value is -2.09. The second-order valence-electron chi connectivity index (χ2n) is 8.69. The van der Waals surface area contributed by atoms with E-state index in [9.17, 15) is 31.8 Å². The summed E-state index contributed by atoms with van der Waals surface area (Å²) < 4.78 is 70.4. The van der Waals surface area contributed by atoms with Crippen LogP contribution in [0.2, 0.25) is 0 Å². The summed E-state index contributed by atoms with van der Waals surface area (Å²) in [5.74, 6) is -0.677. The molecule has 5 rings (SSSR count). The Morgan fingerprint density at radius 3 is 2.56 bits per heavy atom. The maximum absolute atomic E-state index is 13.3. The van der Waals surface area contributed by atoms with Crippen molar-refractivity contribution in [2.75, 3.05) is 13.6 Å². The van der Waals surface area contributed by atoms with E-state index in [0.717, 1.165) is 5.57 Å². The molecule has 1 spiro atoms. The molecule has 2 bridgehead atoms. The lowest BCUT2D eigenvalue weighted by Gasteiger charge is -2.58. The Morgan fingerprint density at radius 1 is 1.34 bits per heavy atom. The van der Waals surface area contributed by atoms with Gasteiger partial charge >= 0.3 is 11.6 Å². The summed E-state index contributed by atoms with van der Waals surface area (Å²) in [5, 5.41) is 28.6. The van der Waals surface area contributed by atoms with Gasteiger partial charge in [-0.05, 0) is 32.0 Å². The first kappa shape index (κ1) is 23.1. The second-order valence-corrected chi connectivity index (χ2v) is 10.8. The van der Waals surface area contributed by atoms with E-state index in [1.807, 2.05) is 13.1 Å². The first-order valence-corrected chi connectivity index (χ1v) is 11.4. The standard InChI is InChI=1S/C18H20F3NO5S.CH3NO2/c1-22-7-6-16-10-2-3-12(23)14(16)27-15-13(16)9(8-11(10)22)4-5-17(15,24)28(25,26)18(19,20)21;2-1(3)4/h2-4,10-12,14,23-24H,5-8H2,1H3;2H2,(H,3,4)/t10-,11+,12-,14-,16-,17?;/m0./s1. The number of nitrogens with two attached hydrogens (primary N) is 1. The number of halogens is 3. The van der Waals surface area contributed by atoms with Crippen LogP contribution >= 0.6 is 0 Å². The average Bonchev–Trinajstić information content (AvgIpc) is 3.03. The summed E-state index contributed by atoms with van der Waals surface area (Å²) in [6.45, 7) is 0.635. The predicted molar refractivity (Wildman–Crippen MR) is 103 cm³/mol. The Balaban J connectivity index is 0.000000567. The molecule has 0 aromatic rings. The minimum atomic E-state index is -5.96. The van der Waals surface area contributed by atoms with Gasteiger partial charge in [-0.15, -0.1) is 0 Å². The van der Waals surface area contributed by atoms with E-state index in [-0.39, 0.29) is 12.0 Å². The Morgan fingerprint density at radius 2 is 1.97 bits per heavy atom. The van der Waals surface area contributed by atoms with E-state index in [0.29, 0.717) is 25.0 Å². The molecule has 3 aliphatic carbocycles. The summed E-state index contributed by atoms with van der Waals surface area (Å²) in [7, 11) is -3.98. The maximum Gasteiger partial charge on any atom is 0.500 e. The molecule has 5 aliphatic rings. The maximum atomic E-state index is 13.3. The monoisotopic (exact) mass is 480 g/mol. The highest BCUT2D eigenvalue weighted by Gasteiger charge is 2.71. The summed E-state index contributed by atoms with van der Waals surface area (Å²) in [6, 6.07) is 0.0726. The molecule has 1 saturated carbocycles.